The predicted octanol–water partition coefficient (Wildman–Crippen LogP) is 2.13. The van der Waals surface area contributed by atoms with E-state index in [9.17, 15) is 20.2 Å². The summed E-state index contributed by atoms with van der Waals surface area (Å²) in [7, 11) is 0. The zero-order valence-electron chi connectivity index (χ0n) is 11.3. The third kappa shape index (κ3) is 2.06. The lowest BCUT2D eigenvalue weighted by atomic mass is 9.46. The Morgan fingerprint density at radius 2 is 1.70 bits per heavy atom. The van der Waals surface area contributed by atoms with E-state index in [1.807, 2.05) is 0 Å². The Bertz CT molecular complexity index is 439. The first-order valence-corrected chi connectivity index (χ1v) is 6.97. The summed E-state index contributed by atoms with van der Waals surface area (Å²) in [5.41, 5.74) is -1.10. The molecule has 3 atom stereocenters. The molecule has 0 aromatic carbocycles. The summed E-state index contributed by atoms with van der Waals surface area (Å²) < 4.78 is 0. The molecule has 0 N–H and O–H groups in total. The van der Waals surface area contributed by atoms with E-state index in [-0.39, 0.29) is 5.41 Å². The van der Waals surface area contributed by atoms with Crippen molar-refractivity contribution in [1.82, 2.24) is 0 Å². The average molecular weight is 286 g/mol. The van der Waals surface area contributed by atoms with Gasteiger partial charge in [-0.25, -0.2) is 0 Å². The van der Waals surface area contributed by atoms with Gasteiger partial charge in [0.1, 0.15) is 11.7 Å². The van der Waals surface area contributed by atoms with E-state index < -0.39 is 21.9 Å². The van der Waals surface area contributed by atoms with Crippen LogP contribution in [0.3, 0.4) is 0 Å². The highest BCUT2D eigenvalue weighted by atomic mass is 17.0. The van der Waals surface area contributed by atoms with Crippen molar-refractivity contribution in [2.45, 2.75) is 57.2 Å². The van der Waals surface area contributed by atoms with Crippen molar-refractivity contribution in [3.8, 4) is 0 Å². The maximum absolute atomic E-state index is 10.8. The fourth-order valence-corrected chi connectivity index (χ4v) is 5.23. The summed E-state index contributed by atoms with van der Waals surface area (Å²) in [4.78, 5) is 31.2. The first kappa shape index (κ1) is 13.4. The molecule has 8 heteroatoms. The van der Waals surface area contributed by atoms with Crippen molar-refractivity contribution in [2.24, 2.45) is 17.3 Å². The lowest BCUT2D eigenvalue weighted by Crippen LogP contribution is -2.60. The third-order valence-corrected chi connectivity index (χ3v) is 5.43. The van der Waals surface area contributed by atoms with Crippen molar-refractivity contribution in [2.75, 3.05) is 0 Å². The van der Waals surface area contributed by atoms with Crippen molar-refractivity contribution >= 4 is 0 Å². The Hall–Kier alpha value is -1.60. The van der Waals surface area contributed by atoms with Crippen molar-refractivity contribution < 1.29 is 19.8 Å². The van der Waals surface area contributed by atoms with Crippen LogP contribution in [0.25, 0.3) is 0 Å². The highest BCUT2D eigenvalue weighted by Gasteiger charge is 2.61. The number of rotatable bonds is 5. The standard InChI is InChI=1S/C12H18N2O6/c1-8(19-13(15)16)11-3-9-2-10(4-11)6-12(5-9,7-11)20-14(17)18/h8-10H,2-7H2,1H3/t8-,9+,10+,11?,12?/m1/s1. The Balaban J connectivity index is 1.86. The van der Waals surface area contributed by atoms with Crippen LogP contribution < -0.4 is 0 Å². The molecule has 4 aliphatic carbocycles. The van der Waals surface area contributed by atoms with Crippen LogP contribution in [0, 0.1) is 37.5 Å². The lowest BCUT2D eigenvalue weighted by molar-refractivity contribution is -0.789. The summed E-state index contributed by atoms with van der Waals surface area (Å²) in [5.74, 6) is 0.711. The molecule has 0 saturated heterocycles. The van der Waals surface area contributed by atoms with Gasteiger partial charge in [0, 0.05) is 0 Å². The molecule has 0 aromatic rings. The van der Waals surface area contributed by atoms with E-state index in [4.69, 9.17) is 9.68 Å². The SMILES string of the molecule is C[C@@H](O[N+](=O)[O-])C12C[C@@H]3C[C@H](CC(O[N+](=O)[O-])(C3)C1)C2. The monoisotopic (exact) mass is 286 g/mol. The highest BCUT2D eigenvalue weighted by molar-refractivity contribution is 5.10. The maximum Gasteiger partial charge on any atom is 0.295 e. The van der Waals surface area contributed by atoms with Crippen molar-refractivity contribution in [3.05, 3.63) is 20.2 Å². The van der Waals surface area contributed by atoms with Crippen molar-refractivity contribution in [3.63, 3.8) is 0 Å². The van der Waals surface area contributed by atoms with Crippen molar-refractivity contribution in [1.29, 1.82) is 0 Å². The third-order valence-electron chi connectivity index (χ3n) is 5.43. The van der Waals surface area contributed by atoms with E-state index in [0.29, 0.717) is 31.1 Å². The van der Waals surface area contributed by atoms with Gasteiger partial charge in [-0.1, -0.05) is 0 Å². The van der Waals surface area contributed by atoms with E-state index in [0.717, 1.165) is 19.3 Å². The molecule has 0 amide bonds. The van der Waals surface area contributed by atoms with Crippen LogP contribution in [0.2, 0.25) is 0 Å². The first-order valence-electron chi connectivity index (χ1n) is 6.97. The predicted molar refractivity (Wildman–Crippen MR) is 65.5 cm³/mol. The van der Waals surface area contributed by atoms with E-state index >= 15 is 0 Å². The maximum atomic E-state index is 10.8. The molecule has 8 nitrogen and oxygen atoms in total. The van der Waals surface area contributed by atoms with Crippen LogP contribution in [0.1, 0.15) is 45.4 Å². The van der Waals surface area contributed by atoms with Gasteiger partial charge in [0.2, 0.25) is 0 Å². The number of hydrogen-bond donors (Lipinski definition) is 0. The summed E-state index contributed by atoms with van der Waals surface area (Å²) in [5, 5.41) is 19.9. The van der Waals surface area contributed by atoms with Crippen LogP contribution in [0.4, 0.5) is 0 Å². The molecule has 4 rings (SSSR count). The zero-order valence-corrected chi connectivity index (χ0v) is 11.3. The van der Waals surface area contributed by atoms with Gasteiger partial charge in [-0.15, -0.1) is 20.2 Å². The summed E-state index contributed by atoms with van der Waals surface area (Å²) in [6.07, 6.45) is 4.08. The van der Waals surface area contributed by atoms with Gasteiger partial charge in [0.05, 0.1) is 0 Å². The molecule has 4 saturated carbocycles. The van der Waals surface area contributed by atoms with Gasteiger partial charge < -0.3 is 9.68 Å². The largest absolute Gasteiger partial charge is 0.310 e. The summed E-state index contributed by atoms with van der Waals surface area (Å²) in [6, 6.07) is 0. The molecule has 112 valence electrons. The average Bonchev–Trinajstić information content (AvgIpc) is 2.23. The second kappa shape index (κ2) is 4.20. The Kier molecular flexibility index (Phi) is 2.81. The second-order valence-corrected chi connectivity index (χ2v) is 6.79. The molecule has 0 aromatic heterocycles. The minimum absolute atomic E-state index is 0.354. The fraction of sp³-hybridized carbons (Fsp3) is 1.00. The smallest absolute Gasteiger partial charge is 0.295 e. The van der Waals surface area contributed by atoms with Gasteiger partial charge in [0.15, 0.2) is 0 Å². The van der Waals surface area contributed by atoms with Crippen LogP contribution in [-0.2, 0) is 9.68 Å². The molecular formula is C12H18N2O6. The fourth-order valence-electron chi connectivity index (χ4n) is 5.23. The molecule has 0 heterocycles. The van der Waals surface area contributed by atoms with Gasteiger partial charge >= 0.3 is 0 Å². The number of nitrogens with zero attached hydrogens (tertiary/aromatic N) is 2. The molecular weight excluding hydrogens is 268 g/mol. The van der Waals surface area contributed by atoms with Crippen LogP contribution in [0.15, 0.2) is 0 Å². The minimum atomic E-state index is -0.760. The molecule has 0 aliphatic heterocycles. The number of hydrogen-bond acceptors (Lipinski definition) is 6. The van der Waals surface area contributed by atoms with Gasteiger partial charge in [-0.3, -0.25) is 0 Å². The van der Waals surface area contributed by atoms with Gasteiger partial charge in [0.25, 0.3) is 10.2 Å². The van der Waals surface area contributed by atoms with E-state index in [1.165, 1.54) is 0 Å². The normalized spacial score (nSPS) is 43.0. The van der Waals surface area contributed by atoms with Gasteiger partial charge in [-0.05, 0) is 62.7 Å². The molecule has 4 aliphatic rings. The summed E-state index contributed by atoms with van der Waals surface area (Å²) >= 11 is 0. The van der Waals surface area contributed by atoms with Crippen LogP contribution >= 0.6 is 0 Å². The molecule has 0 spiro atoms. The van der Waals surface area contributed by atoms with Gasteiger partial charge in [-0.2, -0.15) is 0 Å². The molecule has 4 fully saturated rings. The van der Waals surface area contributed by atoms with Crippen LogP contribution in [-0.4, -0.2) is 21.9 Å². The Labute approximate surface area is 115 Å². The molecule has 0 unspecified atom stereocenters. The molecule has 0 radical (unpaired) electrons. The second-order valence-electron chi connectivity index (χ2n) is 6.79. The topological polar surface area (TPSA) is 105 Å². The Morgan fingerprint density at radius 1 is 1.10 bits per heavy atom. The molecule has 20 heavy (non-hydrogen) atoms. The van der Waals surface area contributed by atoms with Crippen LogP contribution in [0.5, 0.6) is 0 Å². The highest BCUT2D eigenvalue weighted by Crippen LogP contribution is 2.64. The quantitative estimate of drug-likeness (QED) is 0.566. The summed E-state index contributed by atoms with van der Waals surface area (Å²) in [6.45, 7) is 1.70. The zero-order chi connectivity index (χ0) is 14.5. The first-order chi connectivity index (χ1) is 9.32. The molecule has 4 bridgehead atoms. The Morgan fingerprint density at radius 3 is 2.20 bits per heavy atom. The minimum Gasteiger partial charge on any atom is -0.310 e. The van der Waals surface area contributed by atoms with E-state index in [2.05, 4.69) is 0 Å². The lowest BCUT2D eigenvalue weighted by Gasteiger charge is -2.61. The van der Waals surface area contributed by atoms with E-state index in [1.54, 1.807) is 6.92 Å².